The fourth-order valence-corrected chi connectivity index (χ4v) is 1.80. The Morgan fingerprint density at radius 1 is 1.64 bits per heavy atom. The maximum absolute atomic E-state index is 5.69. The van der Waals surface area contributed by atoms with Crippen molar-refractivity contribution in [1.29, 1.82) is 0 Å². The quantitative estimate of drug-likeness (QED) is 0.522. The van der Waals surface area contributed by atoms with Crippen LogP contribution in [-0.4, -0.2) is 11.2 Å². The van der Waals surface area contributed by atoms with Crippen molar-refractivity contribution in [3.8, 4) is 0 Å². The van der Waals surface area contributed by atoms with Gasteiger partial charge in [-0.15, -0.1) is 23.4 Å². The number of hydrogen-bond donors (Lipinski definition) is 0. The van der Waals surface area contributed by atoms with E-state index in [0.717, 1.165) is 5.69 Å². The summed E-state index contributed by atoms with van der Waals surface area (Å²) >= 11 is 7.37. The third-order valence-corrected chi connectivity index (χ3v) is 2.46. The van der Waals surface area contributed by atoms with E-state index in [1.807, 2.05) is 19.4 Å². The molecular weight excluding hydrogens is 178 g/mol. The van der Waals surface area contributed by atoms with Crippen LogP contribution in [0.5, 0.6) is 0 Å². The third kappa shape index (κ3) is 2.11. The van der Waals surface area contributed by atoms with Crippen molar-refractivity contribution in [3.05, 3.63) is 23.5 Å². The summed E-state index contributed by atoms with van der Waals surface area (Å²) in [7, 11) is 0. The molecule has 3 heteroatoms. The SMILES string of the molecule is CSc1cc(C)cnc1CCl. The lowest BCUT2D eigenvalue weighted by molar-refractivity contribution is 1.07. The standard InChI is InChI=1S/C8H10ClNS/c1-6-3-8(11-2)7(4-9)10-5-6/h3,5H,4H2,1-2H3. The highest BCUT2D eigenvalue weighted by molar-refractivity contribution is 7.98. The Hall–Kier alpha value is -0.210. The predicted molar refractivity (Wildman–Crippen MR) is 50.3 cm³/mol. The summed E-state index contributed by atoms with van der Waals surface area (Å²) in [5.74, 6) is 0.496. The van der Waals surface area contributed by atoms with E-state index in [-0.39, 0.29) is 0 Å². The Balaban J connectivity index is 3.06. The number of hydrogen-bond acceptors (Lipinski definition) is 2. The van der Waals surface area contributed by atoms with E-state index >= 15 is 0 Å². The molecule has 0 aromatic carbocycles. The molecule has 60 valence electrons. The molecule has 11 heavy (non-hydrogen) atoms. The van der Waals surface area contributed by atoms with Crippen LogP contribution in [0, 0.1) is 6.92 Å². The van der Waals surface area contributed by atoms with Crippen molar-refractivity contribution < 1.29 is 0 Å². The van der Waals surface area contributed by atoms with Gasteiger partial charge in [-0.05, 0) is 24.8 Å². The number of halogens is 1. The first kappa shape index (κ1) is 8.88. The van der Waals surface area contributed by atoms with Crippen LogP contribution in [0.2, 0.25) is 0 Å². The molecule has 1 nitrogen and oxygen atoms in total. The average molecular weight is 188 g/mol. The smallest absolute Gasteiger partial charge is 0.0686 e. The van der Waals surface area contributed by atoms with Gasteiger partial charge in [-0.1, -0.05) is 0 Å². The second kappa shape index (κ2) is 3.98. The van der Waals surface area contributed by atoms with E-state index in [2.05, 4.69) is 11.1 Å². The Morgan fingerprint density at radius 2 is 2.36 bits per heavy atom. The second-order valence-corrected chi connectivity index (χ2v) is 3.41. The minimum Gasteiger partial charge on any atom is -0.259 e. The van der Waals surface area contributed by atoms with E-state index in [4.69, 9.17) is 11.6 Å². The van der Waals surface area contributed by atoms with Gasteiger partial charge in [0.2, 0.25) is 0 Å². The van der Waals surface area contributed by atoms with E-state index in [0.29, 0.717) is 5.88 Å². The van der Waals surface area contributed by atoms with Gasteiger partial charge in [-0.3, -0.25) is 4.98 Å². The van der Waals surface area contributed by atoms with Crippen molar-refractivity contribution in [2.45, 2.75) is 17.7 Å². The zero-order valence-corrected chi connectivity index (χ0v) is 8.17. The number of aryl methyl sites for hydroxylation is 1. The van der Waals surface area contributed by atoms with Gasteiger partial charge in [-0.2, -0.15) is 0 Å². The molecule has 0 aliphatic rings. The van der Waals surface area contributed by atoms with Crippen LogP contribution >= 0.6 is 23.4 Å². The Morgan fingerprint density at radius 3 is 2.91 bits per heavy atom. The lowest BCUT2D eigenvalue weighted by Crippen LogP contribution is -1.89. The van der Waals surface area contributed by atoms with Crippen LogP contribution < -0.4 is 0 Å². The summed E-state index contributed by atoms with van der Waals surface area (Å²) < 4.78 is 0. The molecule has 0 saturated heterocycles. The van der Waals surface area contributed by atoms with E-state index in [1.165, 1.54) is 10.5 Å². The van der Waals surface area contributed by atoms with Crippen molar-refractivity contribution in [3.63, 3.8) is 0 Å². The van der Waals surface area contributed by atoms with Gasteiger partial charge in [-0.25, -0.2) is 0 Å². The number of nitrogens with zero attached hydrogens (tertiary/aromatic N) is 1. The van der Waals surface area contributed by atoms with E-state index in [1.54, 1.807) is 11.8 Å². The molecule has 1 rings (SSSR count). The second-order valence-electron chi connectivity index (χ2n) is 2.30. The predicted octanol–water partition coefficient (Wildman–Crippen LogP) is 2.85. The van der Waals surface area contributed by atoms with E-state index in [9.17, 15) is 0 Å². The van der Waals surface area contributed by atoms with Crippen LogP contribution in [0.3, 0.4) is 0 Å². The van der Waals surface area contributed by atoms with Crippen LogP contribution in [0.25, 0.3) is 0 Å². The van der Waals surface area contributed by atoms with E-state index < -0.39 is 0 Å². The summed E-state index contributed by atoms with van der Waals surface area (Å²) in [5.41, 5.74) is 2.16. The Bertz CT molecular complexity index is 250. The maximum atomic E-state index is 5.69. The zero-order chi connectivity index (χ0) is 8.27. The van der Waals surface area contributed by atoms with Crippen LogP contribution in [-0.2, 0) is 5.88 Å². The number of thioether (sulfide) groups is 1. The van der Waals surface area contributed by atoms with Crippen LogP contribution in [0.15, 0.2) is 17.2 Å². The van der Waals surface area contributed by atoms with Gasteiger partial charge < -0.3 is 0 Å². The van der Waals surface area contributed by atoms with Gasteiger partial charge >= 0.3 is 0 Å². The normalized spacial score (nSPS) is 10.1. The largest absolute Gasteiger partial charge is 0.259 e. The number of aromatic nitrogens is 1. The number of pyridine rings is 1. The highest BCUT2D eigenvalue weighted by atomic mass is 35.5. The molecule has 0 radical (unpaired) electrons. The third-order valence-electron chi connectivity index (χ3n) is 1.41. The minimum absolute atomic E-state index is 0.496. The molecule has 0 fully saturated rings. The zero-order valence-electron chi connectivity index (χ0n) is 6.60. The van der Waals surface area contributed by atoms with Gasteiger partial charge in [0, 0.05) is 11.1 Å². The Labute approximate surface area is 76.2 Å². The lowest BCUT2D eigenvalue weighted by atomic mass is 10.3. The highest BCUT2D eigenvalue weighted by Gasteiger charge is 2.00. The average Bonchev–Trinajstić information content (AvgIpc) is 2.04. The van der Waals surface area contributed by atoms with Gasteiger partial charge in [0.05, 0.1) is 11.6 Å². The van der Waals surface area contributed by atoms with Crippen molar-refractivity contribution in [2.24, 2.45) is 0 Å². The molecule has 1 aromatic rings. The molecule has 0 atom stereocenters. The molecule has 0 aliphatic heterocycles. The fourth-order valence-electron chi connectivity index (χ4n) is 0.848. The molecule has 0 N–H and O–H groups in total. The molecule has 1 heterocycles. The van der Waals surface area contributed by atoms with Crippen molar-refractivity contribution >= 4 is 23.4 Å². The fraction of sp³-hybridized carbons (Fsp3) is 0.375. The van der Waals surface area contributed by atoms with Gasteiger partial charge in [0.1, 0.15) is 0 Å². The summed E-state index contributed by atoms with van der Waals surface area (Å²) in [4.78, 5) is 5.40. The number of alkyl halides is 1. The first-order valence-electron chi connectivity index (χ1n) is 3.33. The summed E-state index contributed by atoms with van der Waals surface area (Å²) in [5, 5.41) is 0. The molecule has 0 amide bonds. The molecule has 0 aliphatic carbocycles. The van der Waals surface area contributed by atoms with Crippen molar-refractivity contribution in [1.82, 2.24) is 4.98 Å². The number of rotatable bonds is 2. The molecular formula is C8H10ClNS. The minimum atomic E-state index is 0.496. The molecule has 0 bridgehead atoms. The lowest BCUT2D eigenvalue weighted by Gasteiger charge is -2.02. The molecule has 0 unspecified atom stereocenters. The molecule has 0 saturated carbocycles. The summed E-state index contributed by atoms with van der Waals surface area (Å²) in [6.07, 6.45) is 3.88. The summed E-state index contributed by atoms with van der Waals surface area (Å²) in [6, 6.07) is 2.11. The Kier molecular flexibility index (Phi) is 3.21. The summed E-state index contributed by atoms with van der Waals surface area (Å²) in [6.45, 7) is 2.03. The topological polar surface area (TPSA) is 12.9 Å². The van der Waals surface area contributed by atoms with Gasteiger partial charge in [0.15, 0.2) is 0 Å². The monoisotopic (exact) mass is 187 g/mol. The first-order chi connectivity index (χ1) is 5.27. The van der Waals surface area contributed by atoms with Crippen LogP contribution in [0.4, 0.5) is 0 Å². The van der Waals surface area contributed by atoms with Crippen LogP contribution in [0.1, 0.15) is 11.3 Å². The van der Waals surface area contributed by atoms with Crippen molar-refractivity contribution in [2.75, 3.05) is 6.26 Å². The van der Waals surface area contributed by atoms with Gasteiger partial charge in [0.25, 0.3) is 0 Å². The molecule has 0 spiro atoms. The first-order valence-corrected chi connectivity index (χ1v) is 5.09. The highest BCUT2D eigenvalue weighted by Crippen LogP contribution is 2.20. The maximum Gasteiger partial charge on any atom is 0.0686 e. The molecule has 1 aromatic heterocycles.